The van der Waals surface area contributed by atoms with Gasteiger partial charge in [0.1, 0.15) is 0 Å². The van der Waals surface area contributed by atoms with Crippen LogP contribution in [0.25, 0.3) is 11.1 Å². The van der Waals surface area contributed by atoms with Crippen LogP contribution >= 0.6 is 12.4 Å². The van der Waals surface area contributed by atoms with Crippen molar-refractivity contribution in [2.75, 3.05) is 6.54 Å². The molecule has 0 unspecified atom stereocenters. The molecule has 2 aromatic rings. The first kappa shape index (κ1) is 12.8. The van der Waals surface area contributed by atoms with E-state index in [4.69, 9.17) is 10.2 Å². The zero-order chi connectivity index (χ0) is 10.7. The number of para-hydroxylation sites is 2. The molecule has 1 aromatic carbocycles. The van der Waals surface area contributed by atoms with Gasteiger partial charge in [-0.25, -0.2) is 4.79 Å². The van der Waals surface area contributed by atoms with Crippen molar-refractivity contribution in [1.82, 2.24) is 4.57 Å². The molecule has 0 saturated carbocycles. The maximum Gasteiger partial charge on any atom is 0.419 e. The molecular formula is C11H15ClN2O2. The van der Waals surface area contributed by atoms with E-state index >= 15 is 0 Å². The number of unbranched alkanes of at least 4 members (excludes halogenated alkanes) is 1. The second kappa shape index (κ2) is 5.72. The van der Waals surface area contributed by atoms with Gasteiger partial charge in [0.2, 0.25) is 0 Å². The summed E-state index contributed by atoms with van der Waals surface area (Å²) in [7, 11) is 0. The van der Waals surface area contributed by atoms with Gasteiger partial charge in [-0.3, -0.25) is 4.57 Å². The SMILES string of the molecule is Cl.NCCCCn1c(=O)oc2ccccc21. The maximum absolute atomic E-state index is 11.5. The number of hydrogen-bond acceptors (Lipinski definition) is 3. The number of hydrogen-bond donors (Lipinski definition) is 1. The molecule has 0 fully saturated rings. The van der Waals surface area contributed by atoms with Crippen LogP contribution in [-0.4, -0.2) is 11.1 Å². The van der Waals surface area contributed by atoms with Gasteiger partial charge in [0.25, 0.3) is 0 Å². The smallest absolute Gasteiger partial charge is 0.408 e. The summed E-state index contributed by atoms with van der Waals surface area (Å²) in [6, 6.07) is 7.45. The Morgan fingerprint density at radius 1 is 1.25 bits per heavy atom. The van der Waals surface area contributed by atoms with Crippen molar-refractivity contribution < 1.29 is 4.42 Å². The summed E-state index contributed by atoms with van der Waals surface area (Å²) in [6.07, 6.45) is 1.83. The van der Waals surface area contributed by atoms with Crippen LogP contribution < -0.4 is 11.5 Å². The molecule has 5 heteroatoms. The van der Waals surface area contributed by atoms with Crippen molar-refractivity contribution in [3.63, 3.8) is 0 Å². The largest absolute Gasteiger partial charge is 0.419 e. The van der Waals surface area contributed by atoms with E-state index in [2.05, 4.69) is 0 Å². The van der Waals surface area contributed by atoms with Crippen LogP contribution in [0.3, 0.4) is 0 Å². The molecule has 1 heterocycles. The Hall–Kier alpha value is -1.26. The molecule has 0 radical (unpaired) electrons. The normalized spacial score (nSPS) is 10.3. The third-order valence-electron chi connectivity index (χ3n) is 2.41. The molecule has 2 N–H and O–H groups in total. The van der Waals surface area contributed by atoms with Gasteiger partial charge in [-0.1, -0.05) is 12.1 Å². The first-order chi connectivity index (χ1) is 7.33. The molecule has 16 heavy (non-hydrogen) atoms. The molecular weight excluding hydrogens is 228 g/mol. The van der Waals surface area contributed by atoms with E-state index < -0.39 is 0 Å². The van der Waals surface area contributed by atoms with E-state index in [1.807, 2.05) is 18.2 Å². The molecule has 0 aliphatic carbocycles. The highest BCUT2D eigenvalue weighted by Crippen LogP contribution is 2.12. The zero-order valence-electron chi connectivity index (χ0n) is 8.89. The summed E-state index contributed by atoms with van der Waals surface area (Å²) in [6.45, 7) is 1.33. The molecule has 0 bridgehead atoms. The predicted octanol–water partition coefficient (Wildman–Crippen LogP) is 1.76. The summed E-state index contributed by atoms with van der Waals surface area (Å²) < 4.78 is 6.76. The second-order valence-corrected chi connectivity index (χ2v) is 3.48. The topological polar surface area (TPSA) is 61.2 Å². The lowest BCUT2D eigenvalue weighted by molar-refractivity contribution is 0.493. The molecule has 0 saturated heterocycles. The fraction of sp³-hybridized carbons (Fsp3) is 0.364. The summed E-state index contributed by atoms with van der Waals surface area (Å²) in [5.74, 6) is -0.284. The van der Waals surface area contributed by atoms with Gasteiger partial charge >= 0.3 is 5.76 Å². The maximum atomic E-state index is 11.5. The fourth-order valence-electron chi connectivity index (χ4n) is 1.64. The van der Waals surface area contributed by atoms with Crippen LogP contribution in [0.1, 0.15) is 12.8 Å². The summed E-state index contributed by atoms with van der Waals surface area (Å²) in [5, 5.41) is 0. The molecule has 0 aliphatic rings. The standard InChI is InChI=1S/C11H14N2O2.ClH/c12-7-3-4-8-13-9-5-1-2-6-10(9)15-11(13)14;/h1-2,5-6H,3-4,7-8,12H2;1H. The van der Waals surface area contributed by atoms with E-state index in [0.717, 1.165) is 18.4 Å². The molecule has 88 valence electrons. The number of fused-ring (bicyclic) bond motifs is 1. The number of halogens is 1. The molecule has 0 amide bonds. The van der Waals surface area contributed by atoms with Gasteiger partial charge in [-0.2, -0.15) is 0 Å². The Kier molecular flexibility index (Phi) is 4.58. The quantitative estimate of drug-likeness (QED) is 0.831. The van der Waals surface area contributed by atoms with Crippen molar-refractivity contribution in [1.29, 1.82) is 0 Å². The molecule has 0 aliphatic heterocycles. The number of oxazole rings is 1. The highest BCUT2D eigenvalue weighted by Gasteiger charge is 2.06. The molecule has 0 spiro atoms. The first-order valence-electron chi connectivity index (χ1n) is 5.11. The lowest BCUT2D eigenvalue weighted by Gasteiger charge is -2.00. The van der Waals surface area contributed by atoms with Gasteiger partial charge in [0.15, 0.2) is 5.58 Å². The minimum atomic E-state index is -0.284. The Labute approximate surface area is 99.5 Å². The van der Waals surface area contributed by atoms with E-state index in [0.29, 0.717) is 18.7 Å². The Bertz CT molecular complexity index is 504. The van der Waals surface area contributed by atoms with Crippen molar-refractivity contribution >= 4 is 23.5 Å². The number of aryl methyl sites for hydroxylation is 1. The van der Waals surface area contributed by atoms with Crippen LogP contribution in [0.5, 0.6) is 0 Å². The molecule has 4 nitrogen and oxygen atoms in total. The third kappa shape index (κ3) is 2.46. The van der Waals surface area contributed by atoms with Crippen molar-refractivity contribution in [2.24, 2.45) is 5.73 Å². The van der Waals surface area contributed by atoms with Crippen LogP contribution in [0.15, 0.2) is 33.5 Å². The van der Waals surface area contributed by atoms with Gasteiger partial charge < -0.3 is 10.2 Å². The average Bonchev–Trinajstić information content (AvgIpc) is 2.56. The van der Waals surface area contributed by atoms with Crippen molar-refractivity contribution in [2.45, 2.75) is 19.4 Å². The number of nitrogens with two attached hydrogens (primary N) is 1. The number of nitrogens with zero attached hydrogens (tertiary/aromatic N) is 1. The van der Waals surface area contributed by atoms with Gasteiger partial charge in [0, 0.05) is 6.54 Å². The number of rotatable bonds is 4. The van der Waals surface area contributed by atoms with Crippen LogP contribution in [0, 0.1) is 0 Å². The fourth-order valence-corrected chi connectivity index (χ4v) is 1.64. The average molecular weight is 243 g/mol. The van der Waals surface area contributed by atoms with E-state index in [1.165, 1.54) is 0 Å². The van der Waals surface area contributed by atoms with Crippen molar-refractivity contribution in [3.8, 4) is 0 Å². The van der Waals surface area contributed by atoms with Crippen molar-refractivity contribution in [3.05, 3.63) is 34.8 Å². The summed E-state index contributed by atoms with van der Waals surface area (Å²) >= 11 is 0. The highest BCUT2D eigenvalue weighted by molar-refractivity contribution is 5.85. The van der Waals surface area contributed by atoms with Gasteiger partial charge in [-0.05, 0) is 31.5 Å². The second-order valence-electron chi connectivity index (χ2n) is 3.48. The summed E-state index contributed by atoms with van der Waals surface area (Å²) in [5.41, 5.74) is 6.92. The zero-order valence-corrected chi connectivity index (χ0v) is 9.70. The minimum Gasteiger partial charge on any atom is -0.408 e. The molecule has 0 atom stereocenters. The lowest BCUT2D eigenvalue weighted by atomic mass is 10.3. The highest BCUT2D eigenvalue weighted by atomic mass is 35.5. The number of benzene rings is 1. The lowest BCUT2D eigenvalue weighted by Crippen LogP contribution is -2.14. The van der Waals surface area contributed by atoms with Crippen LogP contribution in [-0.2, 0) is 6.54 Å². The van der Waals surface area contributed by atoms with Crippen LogP contribution in [0.2, 0.25) is 0 Å². The predicted molar refractivity (Wildman–Crippen MR) is 66.0 cm³/mol. The Morgan fingerprint density at radius 3 is 2.75 bits per heavy atom. The minimum absolute atomic E-state index is 0. The molecule has 2 rings (SSSR count). The van der Waals surface area contributed by atoms with Gasteiger partial charge in [-0.15, -0.1) is 12.4 Å². The summed E-state index contributed by atoms with van der Waals surface area (Å²) in [4.78, 5) is 11.5. The Morgan fingerprint density at radius 2 is 2.00 bits per heavy atom. The van der Waals surface area contributed by atoms with E-state index in [1.54, 1.807) is 10.6 Å². The van der Waals surface area contributed by atoms with E-state index in [-0.39, 0.29) is 18.2 Å². The Balaban J connectivity index is 0.00000128. The number of aromatic nitrogens is 1. The first-order valence-corrected chi connectivity index (χ1v) is 5.11. The van der Waals surface area contributed by atoms with Crippen LogP contribution in [0.4, 0.5) is 0 Å². The monoisotopic (exact) mass is 242 g/mol. The third-order valence-corrected chi connectivity index (χ3v) is 2.41. The van der Waals surface area contributed by atoms with Gasteiger partial charge in [0.05, 0.1) is 5.52 Å². The van der Waals surface area contributed by atoms with E-state index in [9.17, 15) is 4.79 Å². The molecule has 1 aromatic heterocycles.